The minimum atomic E-state index is 0.146. The minimum Gasteiger partial charge on any atom is -0.337 e. The number of amides is 1. The molecule has 1 heterocycles. The van der Waals surface area contributed by atoms with Gasteiger partial charge in [0.15, 0.2) is 0 Å². The lowest BCUT2D eigenvalue weighted by Gasteiger charge is -2.30. The van der Waals surface area contributed by atoms with Crippen molar-refractivity contribution in [3.8, 4) is 0 Å². The summed E-state index contributed by atoms with van der Waals surface area (Å²) in [6, 6.07) is 8.36. The number of hydrogen-bond acceptors (Lipinski definition) is 3. The Morgan fingerprint density at radius 3 is 2.65 bits per heavy atom. The Morgan fingerprint density at radius 1 is 1.35 bits per heavy atom. The number of nitrogens with zero attached hydrogens (tertiary/aromatic N) is 1. The number of carbonyl (C=O) groups excluding carboxylic acids is 1. The van der Waals surface area contributed by atoms with Crippen molar-refractivity contribution < 1.29 is 4.79 Å². The van der Waals surface area contributed by atoms with Gasteiger partial charge >= 0.3 is 0 Å². The Balaban J connectivity index is 1.99. The molecule has 0 saturated carbocycles. The maximum atomic E-state index is 12.5. The third-order valence-electron chi connectivity index (χ3n) is 3.86. The van der Waals surface area contributed by atoms with E-state index in [0.717, 1.165) is 25.2 Å². The highest BCUT2D eigenvalue weighted by molar-refractivity contribution is 7.98. The smallest absolute Gasteiger partial charge is 0.253 e. The van der Waals surface area contributed by atoms with Crippen molar-refractivity contribution >= 4 is 17.7 Å². The third-order valence-corrected chi connectivity index (χ3v) is 4.60. The fourth-order valence-corrected chi connectivity index (χ4v) is 3.03. The first-order chi connectivity index (χ1) is 9.74. The van der Waals surface area contributed by atoms with Gasteiger partial charge in [0.25, 0.3) is 5.91 Å². The van der Waals surface area contributed by atoms with Crippen molar-refractivity contribution in [3.63, 3.8) is 0 Å². The van der Waals surface area contributed by atoms with Gasteiger partial charge in [-0.2, -0.15) is 0 Å². The molecule has 20 heavy (non-hydrogen) atoms. The van der Waals surface area contributed by atoms with Crippen LogP contribution in [0.15, 0.2) is 29.2 Å². The first-order valence-corrected chi connectivity index (χ1v) is 8.63. The fourth-order valence-electron chi connectivity index (χ4n) is 2.62. The predicted molar refractivity (Wildman–Crippen MR) is 85.4 cm³/mol. The molecule has 110 valence electrons. The molecule has 1 aromatic carbocycles. The quantitative estimate of drug-likeness (QED) is 0.847. The lowest BCUT2D eigenvalue weighted by molar-refractivity contribution is 0.0741. The molecule has 1 fully saturated rings. The molecular formula is C16H24N2OS. The maximum absolute atomic E-state index is 12.5. The zero-order valence-corrected chi connectivity index (χ0v) is 13.2. The molecule has 0 radical (unpaired) electrons. The molecule has 0 bridgehead atoms. The molecule has 3 nitrogen and oxygen atoms in total. The second-order valence-corrected chi connectivity index (χ2v) is 6.10. The van der Waals surface area contributed by atoms with Crippen molar-refractivity contribution in [3.05, 3.63) is 29.8 Å². The summed E-state index contributed by atoms with van der Waals surface area (Å²) in [6.45, 7) is 4.72. The van der Waals surface area contributed by atoms with Crippen LogP contribution in [0.5, 0.6) is 0 Å². The molecule has 0 spiro atoms. The lowest BCUT2D eigenvalue weighted by Crippen LogP contribution is -2.45. The zero-order chi connectivity index (χ0) is 14.4. The van der Waals surface area contributed by atoms with Crippen LogP contribution in [0.4, 0.5) is 0 Å². The van der Waals surface area contributed by atoms with Gasteiger partial charge in [0.05, 0.1) is 0 Å². The summed E-state index contributed by atoms with van der Waals surface area (Å²) in [5, 5.41) is 3.51. The van der Waals surface area contributed by atoms with Crippen LogP contribution in [0.3, 0.4) is 0 Å². The Morgan fingerprint density at radius 2 is 2.10 bits per heavy atom. The van der Waals surface area contributed by atoms with Crippen LogP contribution in [-0.2, 0) is 0 Å². The maximum Gasteiger partial charge on any atom is 0.253 e. The number of benzene rings is 1. The number of rotatable bonds is 5. The zero-order valence-electron chi connectivity index (χ0n) is 12.4. The second-order valence-electron chi connectivity index (χ2n) is 5.22. The van der Waals surface area contributed by atoms with Gasteiger partial charge in [-0.3, -0.25) is 4.79 Å². The molecule has 1 aliphatic rings. The van der Waals surface area contributed by atoms with E-state index >= 15 is 0 Å². The summed E-state index contributed by atoms with van der Waals surface area (Å²) < 4.78 is 0. The number of likely N-dealkylation sites (N-methyl/N-ethyl adjacent to an activating group) is 1. The molecule has 1 aromatic rings. The van der Waals surface area contributed by atoms with Crippen molar-refractivity contribution in [2.75, 3.05) is 25.9 Å². The van der Waals surface area contributed by atoms with E-state index in [2.05, 4.69) is 12.2 Å². The summed E-state index contributed by atoms with van der Waals surface area (Å²) in [6.07, 6.45) is 5.75. The van der Waals surface area contributed by atoms with E-state index in [1.54, 1.807) is 11.8 Å². The molecule has 1 N–H and O–H groups in total. The summed E-state index contributed by atoms with van der Waals surface area (Å²) in [5.74, 6) is 0.146. The standard InChI is InChI=1S/C16H24N2OS/c1-3-18(12-14-6-4-5-11-17-14)16(19)13-7-9-15(20-2)10-8-13/h7-10,14,17H,3-6,11-12H2,1-2H3. The molecule has 2 rings (SSSR count). The van der Waals surface area contributed by atoms with Crippen LogP contribution < -0.4 is 5.32 Å². The van der Waals surface area contributed by atoms with E-state index in [-0.39, 0.29) is 5.91 Å². The monoisotopic (exact) mass is 292 g/mol. The number of thioether (sulfide) groups is 1. The molecule has 1 saturated heterocycles. The highest BCUT2D eigenvalue weighted by atomic mass is 32.2. The molecular weight excluding hydrogens is 268 g/mol. The molecule has 0 aliphatic carbocycles. The molecule has 4 heteroatoms. The first-order valence-electron chi connectivity index (χ1n) is 7.41. The van der Waals surface area contributed by atoms with Crippen molar-refractivity contribution in [1.82, 2.24) is 10.2 Å². The second kappa shape index (κ2) is 7.70. The van der Waals surface area contributed by atoms with E-state index in [0.29, 0.717) is 6.04 Å². The third kappa shape index (κ3) is 4.00. The number of hydrogen-bond donors (Lipinski definition) is 1. The molecule has 1 amide bonds. The van der Waals surface area contributed by atoms with Crippen LogP contribution in [0.2, 0.25) is 0 Å². The van der Waals surface area contributed by atoms with E-state index in [1.807, 2.05) is 35.4 Å². The largest absolute Gasteiger partial charge is 0.337 e. The van der Waals surface area contributed by atoms with Crippen molar-refractivity contribution in [2.45, 2.75) is 37.1 Å². The SMILES string of the molecule is CCN(CC1CCCCN1)C(=O)c1ccc(SC)cc1. The summed E-state index contributed by atoms with van der Waals surface area (Å²) in [5.41, 5.74) is 0.792. The van der Waals surface area contributed by atoms with Crippen LogP contribution in [0.1, 0.15) is 36.5 Å². The highest BCUT2D eigenvalue weighted by Gasteiger charge is 2.20. The van der Waals surface area contributed by atoms with Gasteiger partial charge in [-0.1, -0.05) is 6.42 Å². The Kier molecular flexibility index (Phi) is 5.92. The summed E-state index contributed by atoms with van der Waals surface area (Å²) >= 11 is 1.70. The van der Waals surface area contributed by atoms with E-state index in [9.17, 15) is 4.79 Å². The first kappa shape index (κ1) is 15.4. The summed E-state index contributed by atoms with van der Waals surface area (Å²) in [7, 11) is 0. The molecule has 1 aliphatic heterocycles. The molecule has 0 aromatic heterocycles. The number of carbonyl (C=O) groups is 1. The Hall–Kier alpha value is -1.00. The van der Waals surface area contributed by atoms with E-state index < -0.39 is 0 Å². The van der Waals surface area contributed by atoms with E-state index in [1.165, 1.54) is 24.2 Å². The van der Waals surface area contributed by atoms with E-state index in [4.69, 9.17) is 0 Å². The average Bonchev–Trinajstić information content (AvgIpc) is 2.53. The predicted octanol–water partition coefficient (Wildman–Crippen LogP) is 3.01. The van der Waals surface area contributed by atoms with Crippen molar-refractivity contribution in [2.24, 2.45) is 0 Å². The Bertz CT molecular complexity index is 427. The van der Waals surface area contributed by atoms with Gasteiger partial charge < -0.3 is 10.2 Å². The fraction of sp³-hybridized carbons (Fsp3) is 0.562. The highest BCUT2D eigenvalue weighted by Crippen LogP contribution is 2.16. The van der Waals surface area contributed by atoms with Gasteiger partial charge in [-0.15, -0.1) is 11.8 Å². The van der Waals surface area contributed by atoms with Gasteiger partial charge in [0, 0.05) is 29.6 Å². The lowest BCUT2D eigenvalue weighted by atomic mass is 10.0. The number of piperidine rings is 1. The molecule has 1 atom stereocenters. The molecule has 1 unspecified atom stereocenters. The topological polar surface area (TPSA) is 32.3 Å². The van der Waals surface area contributed by atoms with Gasteiger partial charge in [0.2, 0.25) is 0 Å². The Labute approximate surface area is 126 Å². The van der Waals surface area contributed by atoms with Crippen LogP contribution in [0.25, 0.3) is 0 Å². The van der Waals surface area contributed by atoms with Crippen molar-refractivity contribution in [1.29, 1.82) is 0 Å². The average molecular weight is 292 g/mol. The number of nitrogens with one attached hydrogen (secondary N) is 1. The minimum absolute atomic E-state index is 0.146. The van der Waals surface area contributed by atoms with Crippen LogP contribution in [-0.4, -0.2) is 42.7 Å². The van der Waals surface area contributed by atoms with Crippen LogP contribution in [0, 0.1) is 0 Å². The normalized spacial score (nSPS) is 18.8. The van der Waals surface area contributed by atoms with Gasteiger partial charge in [-0.25, -0.2) is 0 Å². The van der Waals surface area contributed by atoms with Gasteiger partial charge in [-0.05, 0) is 56.8 Å². The van der Waals surface area contributed by atoms with Crippen LogP contribution >= 0.6 is 11.8 Å². The summed E-state index contributed by atoms with van der Waals surface area (Å²) in [4.78, 5) is 15.7. The van der Waals surface area contributed by atoms with Gasteiger partial charge in [0.1, 0.15) is 0 Å².